The maximum atomic E-state index is 11.9. The van der Waals surface area contributed by atoms with Gasteiger partial charge in [0.1, 0.15) is 6.61 Å². The number of hydrogen-bond donors (Lipinski definition) is 2. The molecule has 1 aliphatic carbocycles. The summed E-state index contributed by atoms with van der Waals surface area (Å²) < 4.78 is 6.15. The van der Waals surface area contributed by atoms with Gasteiger partial charge in [-0.1, -0.05) is 30.3 Å². The molecule has 1 amide bonds. The molecule has 25 heavy (non-hydrogen) atoms. The van der Waals surface area contributed by atoms with Crippen LogP contribution in [0.1, 0.15) is 50.0 Å². The third-order valence-corrected chi connectivity index (χ3v) is 5.73. The highest BCUT2D eigenvalue weighted by Gasteiger charge is 2.33. The molecule has 2 fully saturated rings. The Labute approximate surface area is 150 Å². The van der Waals surface area contributed by atoms with E-state index in [-0.39, 0.29) is 24.1 Å². The first-order chi connectivity index (χ1) is 12.2. The van der Waals surface area contributed by atoms with Gasteiger partial charge in [-0.15, -0.1) is 0 Å². The number of amides is 1. The number of carbonyl (C=O) groups excluding carboxylic acids is 1. The maximum Gasteiger partial charge on any atom is 0.248 e. The first-order valence-corrected chi connectivity index (χ1v) is 9.51. The highest BCUT2D eigenvalue weighted by atomic mass is 16.5. The number of rotatable bonds is 5. The van der Waals surface area contributed by atoms with Crippen molar-refractivity contribution in [1.29, 1.82) is 0 Å². The minimum Gasteiger partial charge on any atom is -0.387 e. The summed E-state index contributed by atoms with van der Waals surface area (Å²) in [7, 11) is 0. The molecule has 1 saturated heterocycles. The summed E-state index contributed by atoms with van der Waals surface area (Å²) in [4.78, 5) is 13.7. The van der Waals surface area contributed by atoms with E-state index in [0.717, 1.165) is 38.5 Å². The van der Waals surface area contributed by atoms with Crippen LogP contribution in [0.3, 0.4) is 0 Å². The summed E-state index contributed by atoms with van der Waals surface area (Å²) in [5, 5.41) is 9.17. The Morgan fingerprint density at radius 3 is 2.56 bits per heavy atom. The minimum atomic E-state index is -0.453. The van der Waals surface area contributed by atoms with Crippen LogP contribution >= 0.6 is 0 Å². The van der Waals surface area contributed by atoms with Crippen LogP contribution in [-0.4, -0.2) is 53.9 Å². The zero-order chi connectivity index (χ0) is 17.6. The Morgan fingerprint density at radius 1 is 1.16 bits per heavy atom. The summed E-state index contributed by atoms with van der Waals surface area (Å²) in [6.45, 7) is 0.695. The number of nitrogens with zero attached hydrogens (tertiary/aromatic N) is 1. The van der Waals surface area contributed by atoms with Crippen LogP contribution in [-0.2, 0) is 9.53 Å². The molecular weight excluding hydrogens is 316 g/mol. The van der Waals surface area contributed by atoms with E-state index in [2.05, 4.69) is 30.3 Å². The smallest absolute Gasteiger partial charge is 0.248 e. The molecule has 1 aromatic carbocycles. The number of aliphatic hydroxyl groups is 1. The Bertz CT molecular complexity index is 543. The lowest BCUT2D eigenvalue weighted by molar-refractivity contribution is -0.141. The molecule has 0 bridgehead atoms. The van der Waals surface area contributed by atoms with Crippen molar-refractivity contribution in [3.05, 3.63) is 35.9 Å². The average molecular weight is 346 g/mol. The first kappa shape index (κ1) is 18.4. The van der Waals surface area contributed by atoms with Crippen molar-refractivity contribution >= 4 is 5.91 Å². The predicted octanol–water partition coefficient (Wildman–Crippen LogP) is 2.04. The highest BCUT2D eigenvalue weighted by Crippen LogP contribution is 2.34. The van der Waals surface area contributed by atoms with E-state index < -0.39 is 6.61 Å². The Balaban J connectivity index is 1.49. The molecular formula is C20H30N2O3. The molecule has 2 aliphatic rings. The topological polar surface area (TPSA) is 75.8 Å². The van der Waals surface area contributed by atoms with Crippen molar-refractivity contribution in [1.82, 2.24) is 4.90 Å². The minimum absolute atomic E-state index is 0.0649. The molecule has 0 spiro atoms. The fourth-order valence-electron chi connectivity index (χ4n) is 4.22. The van der Waals surface area contributed by atoms with Crippen molar-refractivity contribution in [2.75, 3.05) is 19.8 Å². The second kappa shape index (κ2) is 8.79. The van der Waals surface area contributed by atoms with Crippen molar-refractivity contribution in [2.45, 2.75) is 62.6 Å². The molecule has 0 unspecified atom stereocenters. The molecule has 0 aromatic heterocycles. The summed E-state index contributed by atoms with van der Waals surface area (Å²) in [6, 6.07) is 10.5. The summed E-state index contributed by atoms with van der Waals surface area (Å²) in [5.74, 6) is 0.391. The van der Waals surface area contributed by atoms with Crippen molar-refractivity contribution in [2.24, 2.45) is 5.73 Å². The van der Waals surface area contributed by atoms with Crippen molar-refractivity contribution in [3.8, 4) is 0 Å². The third kappa shape index (κ3) is 4.60. The number of benzene rings is 1. The predicted molar refractivity (Wildman–Crippen MR) is 97.2 cm³/mol. The maximum absolute atomic E-state index is 11.9. The molecule has 2 atom stereocenters. The lowest BCUT2D eigenvalue weighted by Crippen LogP contribution is -2.57. The standard InChI is InChI=1S/C20H30N2O3/c21-18-7-4-12-22(20(24)13-23)19(18)14-25-17-10-8-16(9-11-17)15-5-2-1-3-6-15/h1-3,5-6,16-19,23H,4,7-14,21H2/t16?,17?,18-,19-/m0/s1. The molecule has 138 valence electrons. The number of aliphatic hydroxyl groups excluding tert-OH is 1. The van der Waals surface area contributed by atoms with E-state index in [1.807, 2.05) is 0 Å². The number of hydrogen-bond acceptors (Lipinski definition) is 4. The van der Waals surface area contributed by atoms with Crippen LogP contribution < -0.4 is 5.73 Å². The van der Waals surface area contributed by atoms with Crippen LogP contribution in [0, 0.1) is 0 Å². The van der Waals surface area contributed by atoms with Crippen LogP contribution in [0.4, 0.5) is 0 Å². The van der Waals surface area contributed by atoms with Gasteiger partial charge < -0.3 is 20.5 Å². The second-order valence-electron chi connectivity index (χ2n) is 7.34. The number of likely N-dealkylation sites (tertiary alicyclic amines) is 1. The fraction of sp³-hybridized carbons (Fsp3) is 0.650. The largest absolute Gasteiger partial charge is 0.387 e. The lowest BCUT2D eigenvalue weighted by atomic mass is 9.83. The van der Waals surface area contributed by atoms with Gasteiger partial charge in [-0.3, -0.25) is 4.79 Å². The molecule has 1 aromatic rings. The number of nitrogens with two attached hydrogens (primary N) is 1. The molecule has 5 nitrogen and oxygen atoms in total. The zero-order valence-electron chi connectivity index (χ0n) is 14.8. The fourth-order valence-corrected chi connectivity index (χ4v) is 4.22. The van der Waals surface area contributed by atoms with Crippen molar-refractivity contribution < 1.29 is 14.6 Å². The quantitative estimate of drug-likeness (QED) is 0.855. The van der Waals surface area contributed by atoms with Gasteiger partial charge in [0.2, 0.25) is 5.91 Å². The van der Waals surface area contributed by atoms with Crippen LogP contribution in [0.25, 0.3) is 0 Å². The SMILES string of the molecule is N[C@H]1CCCN(C(=O)CO)[C@H]1COC1CCC(c2ccccc2)CC1. The number of piperidine rings is 1. The summed E-state index contributed by atoms with van der Waals surface area (Å²) in [5.41, 5.74) is 7.65. The van der Waals surface area contributed by atoms with Crippen LogP contribution in [0.15, 0.2) is 30.3 Å². The second-order valence-corrected chi connectivity index (χ2v) is 7.34. The Hall–Kier alpha value is -1.43. The molecule has 3 rings (SSSR count). The van der Waals surface area contributed by atoms with Crippen LogP contribution in [0.5, 0.6) is 0 Å². The molecule has 5 heteroatoms. The van der Waals surface area contributed by atoms with Gasteiger partial charge in [0, 0.05) is 12.6 Å². The Kier molecular flexibility index (Phi) is 6.45. The zero-order valence-corrected chi connectivity index (χ0v) is 14.8. The number of carbonyl (C=O) groups is 1. The lowest BCUT2D eigenvalue weighted by Gasteiger charge is -2.40. The van der Waals surface area contributed by atoms with E-state index in [0.29, 0.717) is 19.1 Å². The summed E-state index contributed by atoms with van der Waals surface area (Å²) in [6.07, 6.45) is 6.44. The average Bonchev–Trinajstić information content (AvgIpc) is 2.67. The van der Waals surface area contributed by atoms with Crippen molar-refractivity contribution in [3.63, 3.8) is 0 Å². The summed E-state index contributed by atoms with van der Waals surface area (Å²) >= 11 is 0. The van der Waals surface area contributed by atoms with Gasteiger partial charge in [0.15, 0.2) is 0 Å². The molecule has 3 N–H and O–H groups in total. The van der Waals surface area contributed by atoms with Gasteiger partial charge in [0.25, 0.3) is 0 Å². The van der Waals surface area contributed by atoms with Gasteiger partial charge in [-0.25, -0.2) is 0 Å². The van der Waals surface area contributed by atoms with E-state index in [1.54, 1.807) is 4.90 Å². The number of ether oxygens (including phenoxy) is 1. The van der Waals surface area contributed by atoms with E-state index in [1.165, 1.54) is 5.56 Å². The van der Waals surface area contributed by atoms with Gasteiger partial charge >= 0.3 is 0 Å². The third-order valence-electron chi connectivity index (χ3n) is 5.73. The van der Waals surface area contributed by atoms with E-state index in [9.17, 15) is 9.90 Å². The Morgan fingerprint density at radius 2 is 1.88 bits per heavy atom. The molecule has 1 saturated carbocycles. The molecule has 0 radical (unpaired) electrons. The normalized spacial score (nSPS) is 30.2. The first-order valence-electron chi connectivity index (χ1n) is 9.51. The highest BCUT2D eigenvalue weighted by molar-refractivity contribution is 5.77. The van der Waals surface area contributed by atoms with Gasteiger partial charge in [-0.2, -0.15) is 0 Å². The molecule has 1 heterocycles. The van der Waals surface area contributed by atoms with Gasteiger partial charge in [-0.05, 0) is 50.0 Å². The van der Waals surface area contributed by atoms with E-state index in [4.69, 9.17) is 10.5 Å². The van der Waals surface area contributed by atoms with Crippen LogP contribution in [0.2, 0.25) is 0 Å². The van der Waals surface area contributed by atoms with E-state index >= 15 is 0 Å². The van der Waals surface area contributed by atoms with Gasteiger partial charge in [0.05, 0.1) is 18.8 Å². The molecule has 1 aliphatic heterocycles. The monoisotopic (exact) mass is 346 g/mol.